The second-order valence-electron chi connectivity index (χ2n) is 16.3. The van der Waals surface area contributed by atoms with E-state index in [4.69, 9.17) is 14.2 Å². The molecule has 0 saturated carbocycles. The van der Waals surface area contributed by atoms with E-state index >= 15 is 0 Å². The molecule has 0 aliphatic rings. The summed E-state index contributed by atoms with van der Waals surface area (Å²) in [6.45, 7) is 4.61. The minimum atomic E-state index is -1.12. The number of hydrogen-bond acceptors (Lipinski definition) is 7. The summed E-state index contributed by atoms with van der Waals surface area (Å²) in [5.74, 6) is -1.74. The number of unbranched alkanes of at least 4 members (excludes halogenated alkanes) is 22. The van der Waals surface area contributed by atoms with Crippen LogP contribution < -0.4 is 5.11 Å². The van der Waals surface area contributed by atoms with Gasteiger partial charge in [-0.15, -0.1) is 0 Å². The zero-order valence-electron chi connectivity index (χ0n) is 35.9. The highest BCUT2D eigenvalue weighted by Crippen LogP contribution is 2.15. The molecule has 0 saturated heterocycles. The monoisotopic (exact) mass is 764 g/mol. The van der Waals surface area contributed by atoms with Gasteiger partial charge in [0.15, 0.2) is 6.10 Å². The quantitative estimate of drug-likeness (QED) is 0.0265. The molecule has 0 aromatic rings. The van der Waals surface area contributed by atoms with Crippen molar-refractivity contribution in [1.82, 2.24) is 0 Å². The highest BCUT2D eigenvalue weighted by atomic mass is 16.6. The number of likely N-dealkylation sites (N-methyl/N-ethyl adjacent to an activating group) is 1. The van der Waals surface area contributed by atoms with Crippen LogP contribution in [-0.4, -0.2) is 75.5 Å². The summed E-state index contributed by atoms with van der Waals surface area (Å²) < 4.78 is 17.1. The third-order valence-electron chi connectivity index (χ3n) is 10.1. The predicted octanol–water partition coefficient (Wildman–Crippen LogP) is 10.7. The minimum Gasteiger partial charge on any atom is -0.544 e. The van der Waals surface area contributed by atoms with Crippen molar-refractivity contribution in [2.45, 2.75) is 212 Å². The van der Waals surface area contributed by atoms with E-state index in [-0.39, 0.29) is 42.7 Å². The zero-order chi connectivity index (χ0) is 40.0. The molecule has 0 heterocycles. The summed E-state index contributed by atoms with van der Waals surface area (Å²) >= 11 is 0. The van der Waals surface area contributed by atoms with Gasteiger partial charge in [0.05, 0.1) is 40.3 Å². The summed E-state index contributed by atoms with van der Waals surface area (Å²) in [5, 5.41) is 11.6. The van der Waals surface area contributed by atoms with Crippen LogP contribution in [0.25, 0.3) is 0 Å². The fourth-order valence-electron chi connectivity index (χ4n) is 6.57. The van der Waals surface area contributed by atoms with Crippen LogP contribution in [0, 0.1) is 0 Å². The molecule has 0 bridgehead atoms. The van der Waals surface area contributed by atoms with Crippen molar-refractivity contribution in [3.05, 3.63) is 24.3 Å². The van der Waals surface area contributed by atoms with E-state index in [1.54, 1.807) is 21.1 Å². The van der Waals surface area contributed by atoms with Crippen LogP contribution >= 0.6 is 0 Å². The maximum atomic E-state index is 12.7. The van der Waals surface area contributed by atoms with Crippen molar-refractivity contribution in [2.75, 3.05) is 41.0 Å². The van der Waals surface area contributed by atoms with E-state index in [9.17, 15) is 19.5 Å². The number of carboxylic acid groups (broad SMARTS) is 1. The molecule has 2 atom stereocenters. The number of allylic oxidation sites excluding steroid dienone is 4. The first-order valence-electron chi connectivity index (χ1n) is 22.4. The summed E-state index contributed by atoms with van der Waals surface area (Å²) in [6, 6.07) is -0.721. The molecule has 2 unspecified atom stereocenters. The molecule has 0 aliphatic heterocycles. The molecule has 0 N–H and O–H groups in total. The van der Waals surface area contributed by atoms with Crippen LogP contribution in [0.1, 0.15) is 200 Å². The Bertz CT molecular complexity index is 942. The Hall–Kier alpha value is -2.19. The van der Waals surface area contributed by atoms with Gasteiger partial charge in [-0.25, -0.2) is 0 Å². The van der Waals surface area contributed by atoms with E-state index in [2.05, 4.69) is 38.2 Å². The molecular weight excluding hydrogens is 679 g/mol. The molecule has 0 aromatic heterocycles. The van der Waals surface area contributed by atoms with Crippen molar-refractivity contribution >= 4 is 17.9 Å². The van der Waals surface area contributed by atoms with Gasteiger partial charge in [0.2, 0.25) is 0 Å². The van der Waals surface area contributed by atoms with E-state index in [1.807, 2.05) is 0 Å². The molecule has 0 aromatic carbocycles. The van der Waals surface area contributed by atoms with Crippen molar-refractivity contribution in [3.8, 4) is 0 Å². The summed E-state index contributed by atoms with van der Waals surface area (Å²) in [6.07, 6.45) is 40.8. The average Bonchev–Trinajstić information content (AvgIpc) is 3.12. The van der Waals surface area contributed by atoms with Gasteiger partial charge in [-0.05, 0) is 44.9 Å². The van der Waals surface area contributed by atoms with Gasteiger partial charge in [-0.1, -0.05) is 160 Å². The molecule has 0 aliphatic carbocycles. The molecule has 316 valence electrons. The second kappa shape index (κ2) is 37.7. The molecule has 8 heteroatoms. The van der Waals surface area contributed by atoms with E-state index in [1.165, 1.54) is 122 Å². The fraction of sp³-hybridized carbons (Fsp3) is 0.848. The van der Waals surface area contributed by atoms with Crippen molar-refractivity contribution in [1.29, 1.82) is 0 Å². The number of esters is 2. The van der Waals surface area contributed by atoms with Gasteiger partial charge < -0.3 is 28.6 Å². The Balaban J connectivity index is 4.14. The van der Waals surface area contributed by atoms with E-state index < -0.39 is 18.1 Å². The second-order valence-corrected chi connectivity index (χ2v) is 16.3. The Labute approximate surface area is 332 Å². The molecule has 0 radical (unpaired) electrons. The third-order valence-corrected chi connectivity index (χ3v) is 10.1. The molecule has 0 amide bonds. The maximum Gasteiger partial charge on any atom is 0.306 e. The number of carbonyl (C=O) groups is 3. The smallest absolute Gasteiger partial charge is 0.306 e. The van der Waals surface area contributed by atoms with E-state index in [0.29, 0.717) is 12.8 Å². The maximum absolute atomic E-state index is 12.7. The summed E-state index contributed by atoms with van der Waals surface area (Å²) in [7, 11) is 5.40. The van der Waals surface area contributed by atoms with Gasteiger partial charge >= 0.3 is 11.9 Å². The van der Waals surface area contributed by atoms with Crippen molar-refractivity contribution in [2.24, 2.45) is 0 Å². The number of hydrogen-bond donors (Lipinski definition) is 0. The third kappa shape index (κ3) is 35.5. The number of rotatable bonds is 40. The average molecular weight is 764 g/mol. The SMILES string of the molecule is CCCCCCC/C=C\C/C=C\CCCCCCCCCCCCCC(=O)OC(COCCC(C(=O)[O-])[N+](C)(C)C)COC(=O)CCCCCCCCC. The molecule has 0 rings (SSSR count). The minimum absolute atomic E-state index is 0.0433. The topological polar surface area (TPSA) is 102 Å². The van der Waals surface area contributed by atoms with Gasteiger partial charge in [0.1, 0.15) is 12.6 Å². The largest absolute Gasteiger partial charge is 0.544 e. The molecular formula is C46H85NO7. The Kier molecular flexibility index (Phi) is 36.2. The van der Waals surface area contributed by atoms with Crippen LogP contribution in [0.5, 0.6) is 0 Å². The lowest BCUT2D eigenvalue weighted by atomic mass is 10.0. The van der Waals surface area contributed by atoms with Gasteiger partial charge in [0.25, 0.3) is 0 Å². The van der Waals surface area contributed by atoms with Gasteiger partial charge in [-0.2, -0.15) is 0 Å². The Morgan fingerprint density at radius 2 is 0.981 bits per heavy atom. The lowest BCUT2D eigenvalue weighted by Gasteiger charge is -2.34. The van der Waals surface area contributed by atoms with Crippen LogP contribution in [-0.2, 0) is 28.6 Å². The number of ether oxygens (including phenoxy) is 3. The van der Waals surface area contributed by atoms with Crippen LogP contribution in [0.4, 0.5) is 0 Å². The molecule has 0 spiro atoms. The first kappa shape index (κ1) is 51.8. The predicted molar refractivity (Wildman–Crippen MR) is 222 cm³/mol. The number of carbonyl (C=O) groups excluding carboxylic acids is 3. The number of carboxylic acids is 1. The van der Waals surface area contributed by atoms with Crippen LogP contribution in [0.2, 0.25) is 0 Å². The van der Waals surface area contributed by atoms with Gasteiger partial charge in [-0.3, -0.25) is 9.59 Å². The highest BCUT2D eigenvalue weighted by molar-refractivity contribution is 5.70. The van der Waals surface area contributed by atoms with E-state index in [0.717, 1.165) is 44.9 Å². The molecule has 8 nitrogen and oxygen atoms in total. The molecule has 0 fully saturated rings. The normalized spacial score (nSPS) is 13.1. The highest BCUT2D eigenvalue weighted by Gasteiger charge is 2.25. The lowest BCUT2D eigenvalue weighted by Crippen LogP contribution is -2.55. The Morgan fingerprint density at radius 1 is 0.556 bits per heavy atom. The standard InChI is InChI=1S/C46H85NO7/c1-6-8-10-12-14-15-16-17-18-19-20-21-22-23-24-25-26-27-28-29-31-33-35-37-45(49)54-42(40-52-39-38-43(46(50)51)47(3,4)5)41-53-44(48)36-34-32-30-13-11-9-7-2/h16-17,19-20,42-43H,6-15,18,21-41H2,1-5H3/b17-16-,20-19-. The summed E-state index contributed by atoms with van der Waals surface area (Å²) in [5.41, 5.74) is 0. The van der Waals surface area contributed by atoms with Crippen LogP contribution in [0.15, 0.2) is 24.3 Å². The Morgan fingerprint density at radius 3 is 1.43 bits per heavy atom. The van der Waals surface area contributed by atoms with Gasteiger partial charge in [0, 0.05) is 19.3 Å². The lowest BCUT2D eigenvalue weighted by molar-refractivity contribution is -0.889. The first-order chi connectivity index (χ1) is 26.1. The van der Waals surface area contributed by atoms with Crippen LogP contribution in [0.3, 0.4) is 0 Å². The fourth-order valence-corrected chi connectivity index (χ4v) is 6.57. The number of nitrogens with zero attached hydrogens (tertiary/aromatic N) is 1. The van der Waals surface area contributed by atoms with Crippen molar-refractivity contribution in [3.63, 3.8) is 0 Å². The molecule has 54 heavy (non-hydrogen) atoms. The summed E-state index contributed by atoms with van der Waals surface area (Å²) in [4.78, 5) is 36.6. The first-order valence-corrected chi connectivity index (χ1v) is 22.4. The zero-order valence-corrected chi connectivity index (χ0v) is 35.9. The number of quaternary nitrogens is 1. The van der Waals surface area contributed by atoms with Crippen molar-refractivity contribution < 1.29 is 38.2 Å². The number of aliphatic carboxylic acids is 1.